The number of rotatable bonds is 5. The van der Waals surface area contributed by atoms with Crippen molar-refractivity contribution < 1.29 is 18.3 Å². The van der Waals surface area contributed by atoms with Crippen LogP contribution in [-0.4, -0.2) is 48.0 Å². The summed E-state index contributed by atoms with van der Waals surface area (Å²) in [6, 6.07) is 10.9. The molecule has 0 amide bonds. The zero-order chi connectivity index (χ0) is 21.2. The topological polar surface area (TPSA) is 57.8 Å². The molecule has 3 rings (SSSR count). The summed E-state index contributed by atoms with van der Waals surface area (Å²) < 4.78 is 40.2. The summed E-state index contributed by atoms with van der Waals surface area (Å²) in [5.74, 6) is -0.457. The highest BCUT2D eigenvalue weighted by atomic mass is 19.4. The summed E-state index contributed by atoms with van der Waals surface area (Å²) in [6.07, 6.45) is -3.12. The number of hydrogen-bond donors (Lipinski definition) is 1. The van der Waals surface area contributed by atoms with E-state index in [9.17, 15) is 23.1 Å². The van der Waals surface area contributed by atoms with Crippen LogP contribution < -0.4 is 5.56 Å². The van der Waals surface area contributed by atoms with E-state index in [0.29, 0.717) is 18.5 Å². The lowest BCUT2D eigenvalue weighted by Gasteiger charge is -2.15. The molecule has 5 nitrogen and oxygen atoms in total. The normalized spacial score (nSPS) is 12.3. The predicted octanol–water partition coefficient (Wildman–Crippen LogP) is 3.70. The summed E-state index contributed by atoms with van der Waals surface area (Å²) >= 11 is 0. The van der Waals surface area contributed by atoms with Gasteiger partial charge >= 0.3 is 6.18 Å². The van der Waals surface area contributed by atoms with Gasteiger partial charge in [0.1, 0.15) is 0 Å². The van der Waals surface area contributed by atoms with E-state index >= 15 is 0 Å². The SMILES string of the molecule is CN(C)CCN=Cc1c(O)n(-c2cccc(C(F)(F)F)c2)c(=O)c2ccccc12. The summed E-state index contributed by atoms with van der Waals surface area (Å²) in [5, 5.41) is 11.6. The van der Waals surface area contributed by atoms with Crippen LogP contribution in [0.25, 0.3) is 16.5 Å². The second-order valence-corrected chi connectivity index (χ2v) is 6.81. The van der Waals surface area contributed by atoms with Crippen LogP contribution >= 0.6 is 0 Å². The molecular formula is C21H20F3N3O2. The summed E-state index contributed by atoms with van der Waals surface area (Å²) in [7, 11) is 3.80. The average Bonchev–Trinajstić information content (AvgIpc) is 2.67. The van der Waals surface area contributed by atoms with Crippen molar-refractivity contribution in [3.63, 3.8) is 0 Å². The van der Waals surface area contributed by atoms with Crippen LogP contribution in [0.4, 0.5) is 13.2 Å². The molecule has 1 N–H and O–H groups in total. The number of halogens is 3. The van der Waals surface area contributed by atoms with Gasteiger partial charge in [-0.25, -0.2) is 4.57 Å². The summed E-state index contributed by atoms with van der Waals surface area (Å²) in [4.78, 5) is 19.2. The minimum absolute atomic E-state index is 0.0731. The Balaban J connectivity index is 2.22. The van der Waals surface area contributed by atoms with E-state index in [4.69, 9.17) is 0 Å². The lowest BCUT2D eigenvalue weighted by molar-refractivity contribution is -0.137. The number of nitrogens with zero attached hydrogens (tertiary/aromatic N) is 3. The molecule has 2 aromatic carbocycles. The van der Waals surface area contributed by atoms with Gasteiger partial charge in [0.25, 0.3) is 5.56 Å². The van der Waals surface area contributed by atoms with Gasteiger partial charge in [0.2, 0.25) is 5.88 Å². The molecule has 1 heterocycles. The van der Waals surface area contributed by atoms with Crippen molar-refractivity contribution in [3.05, 3.63) is 70.0 Å². The molecule has 0 aliphatic heterocycles. The highest BCUT2D eigenvalue weighted by Crippen LogP contribution is 2.32. The zero-order valence-corrected chi connectivity index (χ0v) is 15.9. The minimum atomic E-state index is -4.57. The van der Waals surface area contributed by atoms with E-state index < -0.39 is 23.2 Å². The molecular weight excluding hydrogens is 383 g/mol. The van der Waals surface area contributed by atoms with Crippen LogP contribution in [0.5, 0.6) is 5.88 Å². The third kappa shape index (κ3) is 4.32. The van der Waals surface area contributed by atoms with E-state index in [0.717, 1.165) is 16.7 Å². The molecule has 0 aliphatic carbocycles. The third-order valence-electron chi connectivity index (χ3n) is 4.43. The first-order chi connectivity index (χ1) is 13.7. The van der Waals surface area contributed by atoms with Crippen LogP contribution in [0, 0.1) is 0 Å². The Labute approximate surface area is 165 Å². The van der Waals surface area contributed by atoms with Gasteiger partial charge in [0.15, 0.2) is 0 Å². The second kappa shape index (κ2) is 8.08. The van der Waals surface area contributed by atoms with E-state index in [1.807, 2.05) is 19.0 Å². The van der Waals surface area contributed by atoms with Crippen molar-refractivity contribution in [1.82, 2.24) is 9.47 Å². The van der Waals surface area contributed by atoms with Crippen LogP contribution in [0.1, 0.15) is 11.1 Å². The number of fused-ring (bicyclic) bond motifs is 1. The average molecular weight is 403 g/mol. The van der Waals surface area contributed by atoms with Crippen molar-refractivity contribution in [1.29, 1.82) is 0 Å². The highest BCUT2D eigenvalue weighted by molar-refractivity contribution is 6.01. The lowest BCUT2D eigenvalue weighted by Crippen LogP contribution is -2.21. The summed E-state index contributed by atoms with van der Waals surface area (Å²) in [5.41, 5.74) is -1.31. The molecule has 0 bridgehead atoms. The number of aliphatic imine (C=N–C) groups is 1. The molecule has 0 radical (unpaired) electrons. The molecule has 8 heteroatoms. The molecule has 3 aromatic rings. The maximum absolute atomic E-state index is 13.1. The van der Waals surface area contributed by atoms with Crippen molar-refractivity contribution in [2.24, 2.45) is 4.99 Å². The number of hydrogen-bond acceptors (Lipinski definition) is 4. The van der Waals surface area contributed by atoms with Gasteiger partial charge in [-0.15, -0.1) is 0 Å². The second-order valence-electron chi connectivity index (χ2n) is 6.81. The van der Waals surface area contributed by atoms with Crippen molar-refractivity contribution in [3.8, 4) is 11.6 Å². The number of aromatic hydroxyl groups is 1. The van der Waals surface area contributed by atoms with Crippen molar-refractivity contribution >= 4 is 17.0 Å². The molecule has 0 fully saturated rings. The first-order valence-corrected chi connectivity index (χ1v) is 8.89. The lowest BCUT2D eigenvalue weighted by atomic mass is 10.1. The van der Waals surface area contributed by atoms with E-state index in [1.165, 1.54) is 18.3 Å². The fourth-order valence-electron chi connectivity index (χ4n) is 2.96. The molecule has 0 atom stereocenters. The van der Waals surface area contributed by atoms with Gasteiger partial charge in [-0.1, -0.05) is 24.3 Å². The number of aromatic nitrogens is 1. The van der Waals surface area contributed by atoms with Gasteiger partial charge < -0.3 is 10.0 Å². The number of benzene rings is 2. The van der Waals surface area contributed by atoms with Crippen molar-refractivity contribution in [2.75, 3.05) is 27.2 Å². The van der Waals surface area contributed by atoms with E-state index in [-0.39, 0.29) is 16.6 Å². The first-order valence-electron chi connectivity index (χ1n) is 8.89. The molecule has 0 aliphatic rings. The van der Waals surface area contributed by atoms with Crippen molar-refractivity contribution in [2.45, 2.75) is 6.18 Å². The standard InChI is InChI=1S/C21H20F3N3O2/c1-26(2)11-10-25-13-18-16-8-3-4-9-17(16)19(28)27(20(18)29)15-7-5-6-14(12-15)21(22,23)24/h3-9,12-13,29H,10-11H2,1-2H3. The van der Waals surface area contributed by atoms with Crippen LogP contribution in [0.3, 0.4) is 0 Å². The van der Waals surface area contributed by atoms with Gasteiger partial charge in [0, 0.05) is 23.5 Å². The fourth-order valence-corrected chi connectivity index (χ4v) is 2.96. The van der Waals surface area contributed by atoms with Crippen LogP contribution in [-0.2, 0) is 6.18 Å². The van der Waals surface area contributed by atoms with Gasteiger partial charge in [-0.05, 0) is 38.4 Å². The zero-order valence-electron chi connectivity index (χ0n) is 15.9. The Hall–Kier alpha value is -3.13. The van der Waals surface area contributed by atoms with Gasteiger partial charge in [0.05, 0.1) is 23.4 Å². The Morgan fingerprint density at radius 2 is 1.79 bits per heavy atom. The monoisotopic (exact) mass is 403 g/mol. The fraction of sp³-hybridized carbons (Fsp3) is 0.238. The maximum Gasteiger partial charge on any atom is 0.416 e. The Kier molecular flexibility index (Phi) is 5.74. The van der Waals surface area contributed by atoms with Crippen LogP contribution in [0.2, 0.25) is 0 Å². The number of pyridine rings is 1. The Morgan fingerprint density at radius 3 is 2.45 bits per heavy atom. The number of likely N-dealkylation sites (N-methyl/N-ethyl adjacent to an activating group) is 1. The summed E-state index contributed by atoms with van der Waals surface area (Å²) in [6.45, 7) is 1.14. The predicted molar refractivity (Wildman–Crippen MR) is 107 cm³/mol. The van der Waals surface area contributed by atoms with Gasteiger partial charge in [-0.2, -0.15) is 13.2 Å². The largest absolute Gasteiger partial charge is 0.494 e. The molecule has 0 spiro atoms. The first kappa shape index (κ1) is 20.6. The maximum atomic E-state index is 13.1. The molecule has 0 unspecified atom stereocenters. The smallest absolute Gasteiger partial charge is 0.416 e. The molecule has 0 saturated carbocycles. The van der Waals surface area contributed by atoms with E-state index in [1.54, 1.807) is 24.3 Å². The Morgan fingerprint density at radius 1 is 1.10 bits per heavy atom. The van der Waals surface area contributed by atoms with Gasteiger partial charge in [-0.3, -0.25) is 9.79 Å². The van der Waals surface area contributed by atoms with Crippen LogP contribution in [0.15, 0.2) is 58.3 Å². The number of alkyl halides is 3. The quantitative estimate of drug-likeness (QED) is 0.661. The molecule has 0 saturated heterocycles. The molecule has 1 aromatic heterocycles. The minimum Gasteiger partial charge on any atom is -0.494 e. The highest BCUT2D eigenvalue weighted by Gasteiger charge is 2.31. The molecule has 29 heavy (non-hydrogen) atoms. The molecule has 152 valence electrons. The van der Waals surface area contributed by atoms with E-state index in [2.05, 4.69) is 4.99 Å². The third-order valence-corrected chi connectivity index (χ3v) is 4.43. The Bertz CT molecular complexity index is 1120.